The molecule has 0 saturated heterocycles. The number of alkyl halides is 3. The van der Waals surface area contributed by atoms with Crippen molar-refractivity contribution in [1.29, 1.82) is 0 Å². The Hall–Kier alpha value is -2.32. The van der Waals surface area contributed by atoms with E-state index < -0.39 is 17.8 Å². The van der Waals surface area contributed by atoms with Crippen LogP contribution in [0.5, 0.6) is 0 Å². The number of carbonyl (C=O) groups excluding carboxylic acids is 1. The molecule has 0 unspecified atom stereocenters. The maximum Gasteiger partial charge on any atom is 0.436 e. The third-order valence-electron chi connectivity index (χ3n) is 2.33. The van der Waals surface area contributed by atoms with Gasteiger partial charge >= 0.3 is 6.18 Å². The molecular formula is C11H10F3N3O3. The minimum atomic E-state index is -4.57. The van der Waals surface area contributed by atoms with Gasteiger partial charge in [-0.3, -0.25) is 4.79 Å². The zero-order valence-corrected chi connectivity index (χ0v) is 10.3. The Balaban J connectivity index is 1.86. The summed E-state index contributed by atoms with van der Waals surface area (Å²) in [7, 11) is 0. The van der Waals surface area contributed by atoms with E-state index in [0.717, 1.165) is 6.07 Å². The maximum atomic E-state index is 12.3. The molecule has 0 saturated carbocycles. The van der Waals surface area contributed by atoms with Crippen LogP contribution in [0.3, 0.4) is 0 Å². The Kier molecular flexibility index (Phi) is 3.77. The lowest BCUT2D eigenvalue weighted by molar-refractivity contribution is -0.142. The van der Waals surface area contributed by atoms with Crippen molar-refractivity contribution in [3.05, 3.63) is 35.0 Å². The zero-order valence-electron chi connectivity index (χ0n) is 10.3. The molecule has 0 bridgehead atoms. The molecule has 2 heterocycles. The van der Waals surface area contributed by atoms with Gasteiger partial charge in [0.1, 0.15) is 5.76 Å². The van der Waals surface area contributed by atoms with Crippen molar-refractivity contribution in [3.63, 3.8) is 0 Å². The first-order valence-corrected chi connectivity index (χ1v) is 5.56. The van der Waals surface area contributed by atoms with Crippen molar-refractivity contribution in [3.8, 4) is 0 Å². The number of rotatable bonds is 4. The largest absolute Gasteiger partial charge is 0.436 e. The van der Waals surface area contributed by atoms with Gasteiger partial charge in [0.2, 0.25) is 5.91 Å². The highest BCUT2D eigenvalue weighted by Gasteiger charge is 2.34. The van der Waals surface area contributed by atoms with Gasteiger partial charge in [-0.15, -0.1) is 0 Å². The van der Waals surface area contributed by atoms with Crippen LogP contribution in [-0.4, -0.2) is 16.2 Å². The van der Waals surface area contributed by atoms with E-state index >= 15 is 0 Å². The van der Waals surface area contributed by atoms with Crippen LogP contribution in [0.25, 0.3) is 0 Å². The zero-order chi connectivity index (χ0) is 14.8. The van der Waals surface area contributed by atoms with Crippen molar-refractivity contribution in [1.82, 2.24) is 15.6 Å². The fraction of sp³-hybridized carbons (Fsp3) is 0.364. The normalized spacial score (nSPS) is 11.6. The summed E-state index contributed by atoms with van der Waals surface area (Å²) < 4.78 is 46.0. The summed E-state index contributed by atoms with van der Waals surface area (Å²) in [6.07, 6.45) is -4.60. The summed E-state index contributed by atoms with van der Waals surface area (Å²) in [4.78, 5) is 11.5. The van der Waals surface area contributed by atoms with Gasteiger partial charge in [-0.1, -0.05) is 10.3 Å². The van der Waals surface area contributed by atoms with E-state index in [0.29, 0.717) is 11.5 Å². The van der Waals surface area contributed by atoms with Crippen molar-refractivity contribution in [2.45, 2.75) is 26.1 Å². The van der Waals surface area contributed by atoms with E-state index in [4.69, 9.17) is 4.52 Å². The second kappa shape index (κ2) is 5.35. The smallest absolute Gasteiger partial charge is 0.361 e. The minimum Gasteiger partial charge on any atom is -0.361 e. The molecule has 2 aromatic heterocycles. The second-order valence-corrected chi connectivity index (χ2v) is 4.06. The summed E-state index contributed by atoms with van der Waals surface area (Å²) in [5.41, 5.74) is -0.692. The number of halogens is 3. The molecule has 1 N–H and O–H groups in total. The Morgan fingerprint density at radius 3 is 2.60 bits per heavy atom. The molecule has 0 fully saturated rings. The van der Waals surface area contributed by atoms with Crippen molar-refractivity contribution in [2.24, 2.45) is 0 Å². The molecule has 0 spiro atoms. The van der Waals surface area contributed by atoms with Gasteiger partial charge in [-0.2, -0.15) is 13.2 Å². The molecule has 0 atom stereocenters. The molecule has 20 heavy (non-hydrogen) atoms. The van der Waals surface area contributed by atoms with Crippen LogP contribution in [-0.2, 0) is 23.9 Å². The molecular weight excluding hydrogens is 279 g/mol. The van der Waals surface area contributed by atoms with Gasteiger partial charge in [0.05, 0.1) is 18.7 Å². The Morgan fingerprint density at radius 2 is 2.05 bits per heavy atom. The predicted octanol–water partition coefficient (Wildman–Crippen LogP) is 1.85. The lowest BCUT2D eigenvalue weighted by atomic mass is 10.2. The molecule has 1 amide bonds. The number of hydrogen-bond acceptors (Lipinski definition) is 5. The lowest BCUT2D eigenvalue weighted by Gasteiger charge is -2.00. The summed E-state index contributed by atoms with van der Waals surface area (Å²) in [5, 5.41) is 8.90. The highest BCUT2D eigenvalue weighted by atomic mass is 19.4. The van der Waals surface area contributed by atoms with Crippen molar-refractivity contribution >= 4 is 5.91 Å². The monoisotopic (exact) mass is 289 g/mol. The molecule has 6 nitrogen and oxygen atoms in total. The quantitative estimate of drug-likeness (QED) is 0.929. The molecule has 0 aliphatic carbocycles. The van der Waals surface area contributed by atoms with Crippen LogP contribution in [0, 0.1) is 6.92 Å². The van der Waals surface area contributed by atoms with Crippen LogP contribution in [0.4, 0.5) is 13.2 Å². The Morgan fingerprint density at radius 1 is 1.30 bits per heavy atom. The van der Waals surface area contributed by atoms with Gasteiger partial charge < -0.3 is 14.4 Å². The average molecular weight is 289 g/mol. The van der Waals surface area contributed by atoms with Crippen molar-refractivity contribution in [2.75, 3.05) is 0 Å². The van der Waals surface area contributed by atoms with E-state index in [1.165, 1.54) is 0 Å². The van der Waals surface area contributed by atoms with Crippen LogP contribution in [0.15, 0.2) is 21.2 Å². The topological polar surface area (TPSA) is 81.2 Å². The van der Waals surface area contributed by atoms with E-state index in [1.54, 1.807) is 13.0 Å². The molecule has 0 radical (unpaired) electrons. The van der Waals surface area contributed by atoms with Crippen LogP contribution in [0.1, 0.15) is 22.9 Å². The van der Waals surface area contributed by atoms with E-state index in [9.17, 15) is 18.0 Å². The standard InChI is InChI=1S/C11H10F3N3O3/c1-6-2-7(16-19-6)3-10(18)15-5-8-4-9(17-20-8)11(12,13)14/h2,4H,3,5H2,1H3,(H,15,18). The van der Waals surface area contributed by atoms with Gasteiger partial charge in [0, 0.05) is 12.1 Å². The first-order chi connectivity index (χ1) is 9.34. The molecule has 2 rings (SSSR count). The predicted molar refractivity (Wildman–Crippen MR) is 58.3 cm³/mol. The molecule has 9 heteroatoms. The average Bonchev–Trinajstić information content (AvgIpc) is 2.95. The Bertz CT molecular complexity index is 603. The third kappa shape index (κ3) is 3.59. The number of carbonyl (C=O) groups is 1. The van der Waals surface area contributed by atoms with Crippen molar-refractivity contribution < 1.29 is 27.0 Å². The van der Waals surface area contributed by atoms with E-state index in [2.05, 4.69) is 20.2 Å². The number of aryl methyl sites for hydroxylation is 1. The summed E-state index contributed by atoms with van der Waals surface area (Å²) >= 11 is 0. The highest BCUT2D eigenvalue weighted by Crippen LogP contribution is 2.28. The maximum absolute atomic E-state index is 12.3. The lowest BCUT2D eigenvalue weighted by Crippen LogP contribution is -2.24. The molecule has 0 aliphatic heterocycles. The van der Waals surface area contributed by atoms with Gasteiger partial charge in [-0.05, 0) is 6.92 Å². The summed E-state index contributed by atoms with van der Waals surface area (Å²) in [5.74, 6) is 0.0723. The van der Waals surface area contributed by atoms with Gasteiger partial charge in [0.15, 0.2) is 11.5 Å². The summed E-state index contributed by atoms with van der Waals surface area (Å²) in [6.45, 7) is 1.50. The number of hydrogen-bond donors (Lipinski definition) is 1. The minimum absolute atomic E-state index is 0.0302. The first-order valence-electron chi connectivity index (χ1n) is 5.56. The Labute approximate surface area is 110 Å². The fourth-order valence-corrected chi connectivity index (χ4v) is 1.44. The van der Waals surface area contributed by atoms with Gasteiger partial charge in [0.25, 0.3) is 0 Å². The van der Waals surface area contributed by atoms with Gasteiger partial charge in [-0.25, -0.2) is 0 Å². The molecule has 0 aliphatic rings. The number of nitrogens with one attached hydrogen (secondary N) is 1. The van der Waals surface area contributed by atoms with Crippen LogP contribution < -0.4 is 5.32 Å². The first kappa shape index (κ1) is 14.1. The number of nitrogens with zero attached hydrogens (tertiary/aromatic N) is 2. The van der Waals surface area contributed by atoms with Crippen LogP contribution in [0.2, 0.25) is 0 Å². The molecule has 0 aromatic carbocycles. The highest BCUT2D eigenvalue weighted by molar-refractivity contribution is 5.77. The van der Waals surface area contributed by atoms with E-state index in [1.807, 2.05) is 0 Å². The molecule has 2 aromatic rings. The SMILES string of the molecule is Cc1cc(CC(=O)NCc2cc(C(F)(F)F)no2)no1. The summed E-state index contributed by atoms with van der Waals surface area (Å²) in [6, 6.07) is 2.33. The molecule has 108 valence electrons. The number of amides is 1. The number of aromatic nitrogens is 2. The fourth-order valence-electron chi connectivity index (χ4n) is 1.44. The second-order valence-electron chi connectivity index (χ2n) is 4.06. The van der Waals surface area contributed by atoms with Crippen LogP contribution >= 0.6 is 0 Å². The third-order valence-corrected chi connectivity index (χ3v) is 2.33. The van der Waals surface area contributed by atoms with E-state index in [-0.39, 0.29) is 18.7 Å².